The average Bonchev–Trinajstić information content (AvgIpc) is 2.65. The first-order chi connectivity index (χ1) is 8.47. The Bertz CT molecular complexity index is 654. The van der Waals surface area contributed by atoms with Crippen molar-refractivity contribution in [2.45, 2.75) is 20.4 Å². The molecular weight excluding hydrogens is 236 g/mol. The molecule has 0 saturated carbocycles. The molecule has 0 atom stereocenters. The molecule has 0 amide bonds. The van der Waals surface area contributed by atoms with E-state index in [9.17, 15) is 9.59 Å². The van der Waals surface area contributed by atoms with E-state index in [1.54, 1.807) is 26.0 Å². The van der Waals surface area contributed by atoms with E-state index >= 15 is 0 Å². The minimum Gasteiger partial charge on any atom is -0.475 e. The Kier molecular flexibility index (Phi) is 3.01. The van der Waals surface area contributed by atoms with Gasteiger partial charge in [0, 0.05) is 11.6 Å². The molecule has 0 unspecified atom stereocenters. The number of aryl methyl sites for hydroxylation is 2. The molecule has 2 heterocycles. The fourth-order valence-electron chi connectivity index (χ4n) is 1.65. The van der Waals surface area contributed by atoms with E-state index in [0.717, 1.165) is 0 Å². The number of hydrogen-bond acceptors (Lipinski definition) is 4. The first-order valence-electron chi connectivity index (χ1n) is 5.35. The fourth-order valence-corrected chi connectivity index (χ4v) is 1.65. The van der Waals surface area contributed by atoms with Crippen LogP contribution in [0.4, 0.5) is 0 Å². The van der Waals surface area contributed by atoms with Gasteiger partial charge in [0.15, 0.2) is 0 Å². The minimum absolute atomic E-state index is 0.106. The first-order valence-corrected chi connectivity index (χ1v) is 5.35. The molecule has 94 valence electrons. The van der Waals surface area contributed by atoms with Gasteiger partial charge in [-0.25, -0.2) is 9.48 Å². The van der Waals surface area contributed by atoms with E-state index < -0.39 is 5.97 Å². The fraction of sp³-hybridized carbons (Fsp3) is 0.250. The van der Waals surface area contributed by atoms with Crippen molar-refractivity contribution >= 4 is 5.97 Å². The normalized spacial score (nSPS) is 10.6. The lowest BCUT2D eigenvalue weighted by atomic mass is 10.2. The summed E-state index contributed by atoms with van der Waals surface area (Å²) in [4.78, 5) is 22.4. The van der Waals surface area contributed by atoms with Crippen LogP contribution in [0.5, 0.6) is 0 Å². The van der Waals surface area contributed by atoms with E-state index in [1.807, 2.05) is 0 Å². The lowest BCUT2D eigenvalue weighted by Crippen LogP contribution is -2.22. The molecule has 0 aliphatic rings. The predicted octanol–water partition coefficient (Wildman–Crippen LogP) is 1.20. The molecule has 2 aromatic heterocycles. The van der Waals surface area contributed by atoms with Crippen LogP contribution in [0.25, 0.3) is 0 Å². The van der Waals surface area contributed by atoms with Crippen molar-refractivity contribution in [3.63, 3.8) is 0 Å². The summed E-state index contributed by atoms with van der Waals surface area (Å²) >= 11 is 0. The molecular formula is C12H12N2O4. The van der Waals surface area contributed by atoms with Crippen molar-refractivity contribution in [3.8, 4) is 0 Å². The molecule has 0 spiro atoms. The highest BCUT2D eigenvalue weighted by Gasteiger charge is 2.14. The highest BCUT2D eigenvalue weighted by Crippen LogP contribution is 2.14. The standard InChI is InChI=1S/C12H12N2O4/c1-7-5-9(18-11(7)12(16)17)6-14-10(15)4-3-8(2)13-14/h3-5H,6H2,1-2H3,(H,16,17). The highest BCUT2D eigenvalue weighted by molar-refractivity contribution is 5.86. The third-order valence-corrected chi connectivity index (χ3v) is 2.47. The molecule has 0 radical (unpaired) electrons. The number of hydrogen-bond donors (Lipinski definition) is 1. The SMILES string of the molecule is Cc1ccc(=O)n(Cc2cc(C)c(C(=O)O)o2)n1. The Morgan fingerprint density at radius 3 is 2.78 bits per heavy atom. The van der Waals surface area contributed by atoms with E-state index in [4.69, 9.17) is 9.52 Å². The number of nitrogens with zero attached hydrogens (tertiary/aromatic N) is 2. The van der Waals surface area contributed by atoms with Gasteiger partial charge in [-0.15, -0.1) is 0 Å². The van der Waals surface area contributed by atoms with Gasteiger partial charge in [-0.1, -0.05) is 0 Å². The zero-order chi connectivity index (χ0) is 13.3. The maximum atomic E-state index is 11.5. The third-order valence-electron chi connectivity index (χ3n) is 2.47. The summed E-state index contributed by atoms with van der Waals surface area (Å²) < 4.78 is 6.41. The second-order valence-electron chi connectivity index (χ2n) is 4.00. The van der Waals surface area contributed by atoms with Gasteiger partial charge in [0.1, 0.15) is 12.3 Å². The summed E-state index contributed by atoms with van der Waals surface area (Å²) in [5.74, 6) is -0.834. The minimum atomic E-state index is -1.12. The van der Waals surface area contributed by atoms with Crippen molar-refractivity contribution in [1.82, 2.24) is 9.78 Å². The maximum Gasteiger partial charge on any atom is 0.372 e. The molecule has 0 aromatic carbocycles. The molecule has 18 heavy (non-hydrogen) atoms. The summed E-state index contributed by atoms with van der Waals surface area (Å²) in [5, 5.41) is 12.9. The summed E-state index contributed by atoms with van der Waals surface area (Å²) in [6, 6.07) is 4.63. The molecule has 6 heteroatoms. The second-order valence-corrected chi connectivity index (χ2v) is 4.00. The van der Waals surface area contributed by atoms with E-state index in [1.165, 1.54) is 10.7 Å². The summed E-state index contributed by atoms with van der Waals surface area (Å²) in [6.07, 6.45) is 0. The van der Waals surface area contributed by atoms with Gasteiger partial charge in [0.2, 0.25) is 5.76 Å². The number of carboxylic acid groups (broad SMARTS) is 1. The van der Waals surface area contributed by atoms with Crippen LogP contribution >= 0.6 is 0 Å². The van der Waals surface area contributed by atoms with Crippen molar-refractivity contribution < 1.29 is 14.3 Å². The lowest BCUT2D eigenvalue weighted by molar-refractivity contribution is 0.0659. The van der Waals surface area contributed by atoms with Crippen LogP contribution in [0.2, 0.25) is 0 Å². The Hall–Kier alpha value is -2.37. The van der Waals surface area contributed by atoms with E-state index in [2.05, 4.69) is 5.10 Å². The highest BCUT2D eigenvalue weighted by atomic mass is 16.4. The van der Waals surface area contributed by atoms with Gasteiger partial charge in [-0.05, 0) is 26.0 Å². The lowest BCUT2D eigenvalue weighted by Gasteiger charge is -2.02. The number of aromatic nitrogens is 2. The molecule has 0 bridgehead atoms. The molecule has 0 fully saturated rings. The van der Waals surface area contributed by atoms with Crippen molar-refractivity contribution in [3.05, 3.63) is 51.3 Å². The molecule has 1 N–H and O–H groups in total. The van der Waals surface area contributed by atoms with Crippen LogP contribution in [-0.4, -0.2) is 20.9 Å². The number of aromatic carboxylic acids is 1. The van der Waals surface area contributed by atoms with Crippen molar-refractivity contribution in [1.29, 1.82) is 0 Å². The van der Waals surface area contributed by atoms with Gasteiger partial charge in [0.25, 0.3) is 5.56 Å². The van der Waals surface area contributed by atoms with E-state index in [0.29, 0.717) is 17.0 Å². The van der Waals surface area contributed by atoms with Gasteiger partial charge < -0.3 is 9.52 Å². The van der Waals surface area contributed by atoms with Crippen LogP contribution in [0, 0.1) is 13.8 Å². The Morgan fingerprint density at radius 2 is 2.17 bits per heavy atom. The van der Waals surface area contributed by atoms with E-state index in [-0.39, 0.29) is 17.9 Å². The maximum absolute atomic E-state index is 11.5. The van der Waals surface area contributed by atoms with Gasteiger partial charge >= 0.3 is 5.97 Å². The Labute approximate surface area is 102 Å². The molecule has 0 aliphatic carbocycles. The van der Waals surface area contributed by atoms with Crippen LogP contribution in [0.1, 0.15) is 27.6 Å². The zero-order valence-electron chi connectivity index (χ0n) is 10.0. The van der Waals surface area contributed by atoms with Gasteiger partial charge in [-0.3, -0.25) is 4.79 Å². The first kappa shape index (κ1) is 12.1. The van der Waals surface area contributed by atoms with Crippen molar-refractivity contribution in [2.24, 2.45) is 0 Å². The smallest absolute Gasteiger partial charge is 0.372 e. The van der Waals surface area contributed by atoms with Crippen LogP contribution in [-0.2, 0) is 6.54 Å². The molecule has 6 nitrogen and oxygen atoms in total. The van der Waals surface area contributed by atoms with Crippen molar-refractivity contribution in [2.75, 3.05) is 0 Å². The average molecular weight is 248 g/mol. The van der Waals surface area contributed by atoms with Crippen LogP contribution in [0.3, 0.4) is 0 Å². The number of carbonyl (C=O) groups is 1. The third kappa shape index (κ3) is 2.32. The van der Waals surface area contributed by atoms with Gasteiger partial charge in [-0.2, -0.15) is 5.10 Å². The molecule has 2 aromatic rings. The second kappa shape index (κ2) is 4.48. The number of furan rings is 1. The Morgan fingerprint density at radius 1 is 1.44 bits per heavy atom. The Balaban J connectivity index is 2.34. The predicted molar refractivity (Wildman–Crippen MR) is 62.7 cm³/mol. The number of rotatable bonds is 3. The summed E-state index contributed by atoms with van der Waals surface area (Å²) in [6.45, 7) is 3.53. The van der Waals surface area contributed by atoms with Crippen LogP contribution < -0.4 is 5.56 Å². The quantitative estimate of drug-likeness (QED) is 0.882. The molecule has 0 saturated heterocycles. The topological polar surface area (TPSA) is 85.3 Å². The largest absolute Gasteiger partial charge is 0.475 e. The summed E-state index contributed by atoms with van der Waals surface area (Å²) in [5.41, 5.74) is 0.973. The number of carboxylic acids is 1. The van der Waals surface area contributed by atoms with Gasteiger partial charge in [0.05, 0.1) is 5.69 Å². The van der Waals surface area contributed by atoms with Crippen LogP contribution in [0.15, 0.2) is 27.4 Å². The molecule has 2 rings (SSSR count). The zero-order valence-corrected chi connectivity index (χ0v) is 10.0. The molecule has 0 aliphatic heterocycles. The summed E-state index contributed by atoms with van der Waals surface area (Å²) in [7, 11) is 0. The monoisotopic (exact) mass is 248 g/mol.